The van der Waals surface area contributed by atoms with E-state index in [2.05, 4.69) is 10.2 Å². The van der Waals surface area contributed by atoms with Crippen molar-refractivity contribution in [2.75, 3.05) is 40.5 Å². The fourth-order valence-corrected chi connectivity index (χ4v) is 4.83. The lowest BCUT2D eigenvalue weighted by atomic mass is 10.0. The highest BCUT2D eigenvalue weighted by atomic mass is 32.1. The number of hydrogen-bond donors (Lipinski definition) is 1. The first-order valence-electron chi connectivity index (χ1n) is 10.9. The number of carbonyl (C=O) groups is 1. The Morgan fingerprint density at radius 1 is 1.11 bits per heavy atom. The molecule has 0 atom stereocenters. The van der Waals surface area contributed by atoms with E-state index in [9.17, 15) is 23.5 Å². The minimum Gasteiger partial charge on any atom is -0.503 e. The molecule has 0 spiro atoms. The van der Waals surface area contributed by atoms with Crippen molar-refractivity contribution in [1.29, 1.82) is 0 Å². The van der Waals surface area contributed by atoms with Gasteiger partial charge in [0.25, 0.3) is 5.91 Å². The number of halogens is 2. The van der Waals surface area contributed by atoms with Gasteiger partial charge in [-0.25, -0.2) is 8.78 Å². The summed E-state index contributed by atoms with van der Waals surface area (Å²) in [6, 6.07) is 0. The number of aromatic hydroxyl groups is 1. The van der Waals surface area contributed by atoms with Crippen LogP contribution < -0.4 is 5.43 Å². The van der Waals surface area contributed by atoms with Crippen LogP contribution in [0.5, 0.6) is 5.75 Å². The van der Waals surface area contributed by atoms with Gasteiger partial charge in [0.05, 0.1) is 32.0 Å². The Morgan fingerprint density at radius 2 is 1.86 bits per heavy atom. The third kappa shape index (κ3) is 5.17. The van der Waals surface area contributed by atoms with Gasteiger partial charge in [0.1, 0.15) is 16.7 Å². The zero-order chi connectivity index (χ0) is 25.1. The Morgan fingerprint density at radius 3 is 2.57 bits per heavy atom. The van der Waals surface area contributed by atoms with Gasteiger partial charge in [0.2, 0.25) is 5.43 Å². The van der Waals surface area contributed by atoms with Crippen molar-refractivity contribution in [2.45, 2.75) is 25.9 Å². The van der Waals surface area contributed by atoms with Crippen LogP contribution in [-0.2, 0) is 22.6 Å². The third-order valence-electron chi connectivity index (χ3n) is 5.76. The molecule has 4 rings (SSSR count). The van der Waals surface area contributed by atoms with E-state index < -0.39 is 28.7 Å². The van der Waals surface area contributed by atoms with Gasteiger partial charge in [0, 0.05) is 45.9 Å². The summed E-state index contributed by atoms with van der Waals surface area (Å²) in [6.07, 6.45) is 2.85. The molecule has 0 bridgehead atoms. The second-order valence-electron chi connectivity index (χ2n) is 8.04. The maximum atomic E-state index is 14.1. The zero-order valence-electron chi connectivity index (χ0n) is 19.3. The predicted molar refractivity (Wildman–Crippen MR) is 123 cm³/mol. The molecular weight excluding hydrogens is 484 g/mol. The number of methoxy groups -OCH3 is 2. The highest BCUT2D eigenvalue weighted by Crippen LogP contribution is 2.31. The molecular formula is C22H25F2N5O5S. The second kappa shape index (κ2) is 10.7. The minimum atomic E-state index is -0.752. The number of pyridine rings is 1. The van der Waals surface area contributed by atoms with Gasteiger partial charge in [0.15, 0.2) is 16.5 Å². The van der Waals surface area contributed by atoms with Gasteiger partial charge in [-0.05, 0) is 12.0 Å². The molecule has 10 nitrogen and oxygen atoms in total. The lowest BCUT2D eigenvalue weighted by molar-refractivity contribution is -0.0626. The van der Waals surface area contributed by atoms with Crippen molar-refractivity contribution < 1.29 is 28.2 Å². The van der Waals surface area contributed by atoms with Crippen LogP contribution in [0.1, 0.15) is 28.3 Å². The first kappa shape index (κ1) is 25.1. The fraction of sp³-hybridized carbons (Fsp3) is 0.455. The number of rotatable bonds is 9. The van der Waals surface area contributed by atoms with Crippen LogP contribution in [0.2, 0.25) is 0 Å². The Hall–Kier alpha value is -3.00. The summed E-state index contributed by atoms with van der Waals surface area (Å²) in [7, 11) is 3.07. The van der Waals surface area contributed by atoms with Gasteiger partial charge in [-0.1, -0.05) is 11.3 Å². The van der Waals surface area contributed by atoms with Crippen LogP contribution in [0.3, 0.4) is 0 Å². The smallest absolute Gasteiger partial charge is 0.288 e. The molecule has 1 amide bonds. The van der Waals surface area contributed by atoms with Crippen LogP contribution in [0.4, 0.5) is 8.78 Å². The van der Waals surface area contributed by atoms with E-state index in [0.717, 1.165) is 17.4 Å². The van der Waals surface area contributed by atoms with E-state index in [1.165, 1.54) is 22.9 Å². The van der Waals surface area contributed by atoms with Crippen LogP contribution in [-0.4, -0.2) is 76.3 Å². The molecule has 188 valence electrons. The Balaban J connectivity index is 1.66. The normalized spacial score (nSPS) is 16.6. The lowest BCUT2D eigenvalue weighted by Gasteiger charge is -2.40. The number of ether oxygens (including phenoxy) is 2. The van der Waals surface area contributed by atoms with Crippen LogP contribution in [0.15, 0.2) is 34.3 Å². The van der Waals surface area contributed by atoms with E-state index in [-0.39, 0.29) is 55.3 Å². The minimum absolute atomic E-state index is 0.0730. The van der Waals surface area contributed by atoms with E-state index >= 15 is 0 Å². The van der Waals surface area contributed by atoms with Crippen molar-refractivity contribution in [2.24, 2.45) is 0 Å². The van der Waals surface area contributed by atoms with Crippen molar-refractivity contribution >= 4 is 17.2 Å². The topological polar surface area (TPSA) is 110 Å². The molecule has 0 fully saturated rings. The number of allylic oxidation sites excluding steroid dienone is 4. The summed E-state index contributed by atoms with van der Waals surface area (Å²) in [5.41, 5.74) is -0.396. The molecule has 0 saturated heterocycles. The van der Waals surface area contributed by atoms with Crippen molar-refractivity contribution in [1.82, 2.24) is 24.8 Å². The first-order valence-corrected chi connectivity index (χ1v) is 11.7. The molecule has 0 aromatic carbocycles. The van der Waals surface area contributed by atoms with Crippen molar-refractivity contribution in [3.05, 3.63) is 50.4 Å². The third-order valence-corrected chi connectivity index (χ3v) is 6.72. The highest BCUT2D eigenvalue weighted by Gasteiger charge is 2.34. The zero-order valence-corrected chi connectivity index (χ0v) is 20.1. The molecule has 0 radical (unpaired) electrons. The Kier molecular flexibility index (Phi) is 7.69. The lowest BCUT2D eigenvalue weighted by Crippen LogP contribution is -2.54. The van der Waals surface area contributed by atoms with Gasteiger partial charge in [-0.2, -0.15) is 5.01 Å². The van der Waals surface area contributed by atoms with E-state index in [4.69, 9.17) is 9.47 Å². The molecule has 2 aromatic heterocycles. The van der Waals surface area contributed by atoms with E-state index in [0.29, 0.717) is 23.7 Å². The largest absolute Gasteiger partial charge is 0.503 e. The standard InChI is InChI=1S/C22H25F2N5O5S/c1-33-7-5-28-12-27-11-15(19(30)20(31)18(27)22(32)29(28)6-8-34-2)21-26-25-17(35-21)9-13-3-4-14(23)10-16(13)24/h10-11,31H,3-9,12H2,1-2H3. The monoisotopic (exact) mass is 509 g/mol. The average Bonchev–Trinajstić information content (AvgIpc) is 3.29. The molecule has 2 aromatic rings. The average molecular weight is 510 g/mol. The quantitative estimate of drug-likeness (QED) is 0.549. The van der Waals surface area contributed by atoms with Crippen LogP contribution in [0, 0.1) is 0 Å². The molecule has 13 heteroatoms. The molecule has 1 aliphatic heterocycles. The number of carbonyl (C=O) groups excluding carboxylic acids is 1. The maximum absolute atomic E-state index is 14.1. The fourth-order valence-electron chi connectivity index (χ4n) is 3.94. The molecule has 3 heterocycles. The maximum Gasteiger partial charge on any atom is 0.288 e. The summed E-state index contributed by atoms with van der Waals surface area (Å²) in [5, 5.41) is 22.6. The first-order chi connectivity index (χ1) is 16.8. The molecule has 0 unspecified atom stereocenters. The number of nitrogens with zero attached hydrogens (tertiary/aromatic N) is 5. The summed E-state index contributed by atoms with van der Waals surface area (Å²) >= 11 is 1.08. The van der Waals surface area contributed by atoms with Crippen LogP contribution >= 0.6 is 11.3 Å². The summed E-state index contributed by atoms with van der Waals surface area (Å²) in [4.78, 5) is 26.1. The van der Waals surface area contributed by atoms with Crippen molar-refractivity contribution in [3.8, 4) is 16.3 Å². The van der Waals surface area contributed by atoms with Gasteiger partial charge < -0.3 is 19.1 Å². The van der Waals surface area contributed by atoms with E-state index in [1.54, 1.807) is 12.1 Å². The van der Waals surface area contributed by atoms with Crippen LogP contribution in [0.25, 0.3) is 10.6 Å². The number of hydrazine groups is 1. The van der Waals surface area contributed by atoms with Gasteiger partial charge >= 0.3 is 0 Å². The summed E-state index contributed by atoms with van der Waals surface area (Å²) < 4.78 is 39.0. The molecule has 35 heavy (non-hydrogen) atoms. The number of fused-ring (bicyclic) bond motifs is 1. The predicted octanol–water partition coefficient (Wildman–Crippen LogP) is 2.41. The summed E-state index contributed by atoms with van der Waals surface area (Å²) in [6.45, 7) is 1.43. The molecule has 2 aliphatic rings. The van der Waals surface area contributed by atoms with E-state index in [1.807, 2.05) is 0 Å². The molecule has 0 saturated carbocycles. The number of aromatic nitrogens is 3. The Labute approximate surface area is 203 Å². The number of hydrogen-bond acceptors (Lipinski definition) is 9. The van der Waals surface area contributed by atoms with Gasteiger partial charge in [-0.15, -0.1) is 10.2 Å². The second-order valence-corrected chi connectivity index (χ2v) is 9.11. The molecule has 1 N–H and O–H groups in total. The van der Waals surface area contributed by atoms with Crippen molar-refractivity contribution in [3.63, 3.8) is 0 Å². The van der Waals surface area contributed by atoms with Gasteiger partial charge in [-0.3, -0.25) is 14.6 Å². The highest BCUT2D eigenvalue weighted by molar-refractivity contribution is 7.14. The summed E-state index contributed by atoms with van der Waals surface area (Å²) in [5.74, 6) is -2.34. The number of amides is 1. The SMILES string of the molecule is COCCN1Cn2cc(-c3nnc(CC4=C(F)C=C(F)CC4)s3)c(=O)c(O)c2C(=O)N1CCOC. The molecule has 1 aliphatic carbocycles. The Bertz CT molecular complexity index is 1240.